The van der Waals surface area contributed by atoms with Gasteiger partial charge in [0.25, 0.3) is 0 Å². The molecule has 2 saturated heterocycles. The Labute approximate surface area is 104 Å². The Morgan fingerprint density at radius 3 is 2.82 bits per heavy atom. The van der Waals surface area contributed by atoms with Crippen molar-refractivity contribution in [1.29, 1.82) is 0 Å². The van der Waals surface area contributed by atoms with E-state index in [9.17, 15) is 0 Å². The van der Waals surface area contributed by atoms with Crippen LogP contribution >= 0.6 is 0 Å². The highest BCUT2D eigenvalue weighted by Gasteiger charge is 2.42. The Hall–Kier alpha value is -0.120. The van der Waals surface area contributed by atoms with Crippen LogP contribution in [0.25, 0.3) is 0 Å². The molecule has 0 bridgehead atoms. The lowest BCUT2D eigenvalue weighted by Crippen LogP contribution is -2.51. The normalized spacial score (nSPS) is 36.0. The summed E-state index contributed by atoms with van der Waals surface area (Å²) in [4.78, 5) is 0. The third-order valence-corrected chi connectivity index (χ3v) is 4.77. The van der Waals surface area contributed by atoms with E-state index in [1.54, 1.807) is 0 Å². The first-order valence-corrected chi connectivity index (χ1v) is 7.31. The topological polar surface area (TPSA) is 30.5 Å². The molecule has 1 spiro atoms. The number of nitrogens with one attached hydrogen (secondary N) is 1. The van der Waals surface area contributed by atoms with Crippen molar-refractivity contribution in [2.75, 3.05) is 26.4 Å². The Morgan fingerprint density at radius 2 is 2.12 bits per heavy atom. The van der Waals surface area contributed by atoms with Crippen molar-refractivity contribution in [2.24, 2.45) is 5.92 Å². The standard InChI is InChI=1S/C14H25NO2/c1-5-14(6-1)10-13(4-9-17-14)15-7-2-12-3-8-16-11-12/h12-13,15H,1-11H2. The summed E-state index contributed by atoms with van der Waals surface area (Å²) in [5.41, 5.74) is 0.284. The Balaban J connectivity index is 1.36. The van der Waals surface area contributed by atoms with E-state index in [1.165, 1.54) is 44.9 Å². The third-order valence-electron chi connectivity index (χ3n) is 4.77. The highest BCUT2D eigenvalue weighted by atomic mass is 16.5. The maximum atomic E-state index is 5.95. The molecule has 3 nitrogen and oxygen atoms in total. The number of hydrogen-bond acceptors (Lipinski definition) is 3. The van der Waals surface area contributed by atoms with Gasteiger partial charge in [-0.3, -0.25) is 0 Å². The molecule has 2 atom stereocenters. The summed E-state index contributed by atoms with van der Waals surface area (Å²) in [6, 6.07) is 0.700. The molecule has 3 heteroatoms. The number of hydrogen-bond donors (Lipinski definition) is 1. The van der Waals surface area contributed by atoms with E-state index in [2.05, 4.69) is 5.32 Å². The lowest BCUT2D eigenvalue weighted by atomic mass is 9.74. The smallest absolute Gasteiger partial charge is 0.0697 e. The van der Waals surface area contributed by atoms with Crippen LogP contribution < -0.4 is 5.32 Å². The van der Waals surface area contributed by atoms with Gasteiger partial charge in [0.1, 0.15) is 0 Å². The van der Waals surface area contributed by atoms with Gasteiger partial charge in [-0.15, -0.1) is 0 Å². The first-order chi connectivity index (χ1) is 8.36. The lowest BCUT2D eigenvalue weighted by Gasteiger charge is -2.47. The molecule has 2 heterocycles. The molecule has 2 unspecified atom stereocenters. The van der Waals surface area contributed by atoms with Crippen LogP contribution in [0.2, 0.25) is 0 Å². The monoisotopic (exact) mass is 239 g/mol. The van der Waals surface area contributed by atoms with E-state index >= 15 is 0 Å². The highest BCUT2D eigenvalue weighted by molar-refractivity contribution is 4.96. The lowest BCUT2D eigenvalue weighted by molar-refractivity contribution is -0.135. The molecule has 1 N–H and O–H groups in total. The second-order valence-corrected chi connectivity index (χ2v) is 6.05. The van der Waals surface area contributed by atoms with Crippen LogP contribution in [0.5, 0.6) is 0 Å². The molecule has 98 valence electrons. The Kier molecular flexibility index (Phi) is 3.69. The minimum absolute atomic E-state index is 0.284. The van der Waals surface area contributed by atoms with Gasteiger partial charge in [0.2, 0.25) is 0 Å². The molecule has 3 aliphatic rings. The van der Waals surface area contributed by atoms with Crippen LogP contribution in [-0.4, -0.2) is 38.0 Å². The van der Waals surface area contributed by atoms with Gasteiger partial charge in [-0.25, -0.2) is 0 Å². The molecule has 0 aromatic heterocycles. The van der Waals surface area contributed by atoms with Gasteiger partial charge in [0, 0.05) is 25.9 Å². The van der Waals surface area contributed by atoms with E-state index < -0.39 is 0 Å². The molecule has 1 aliphatic carbocycles. The predicted octanol–water partition coefficient (Wildman–Crippen LogP) is 2.10. The Morgan fingerprint density at radius 1 is 1.18 bits per heavy atom. The maximum Gasteiger partial charge on any atom is 0.0697 e. The van der Waals surface area contributed by atoms with Crippen molar-refractivity contribution in [3.63, 3.8) is 0 Å². The van der Waals surface area contributed by atoms with Crippen LogP contribution in [0, 0.1) is 5.92 Å². The quantitative estimate of drug-likeness (QED) is 0.815. The van der Waals surface area contributed by atoms with E-state index in [4.69, 9.17) is 9.47 Å². The largest absolute Gasteiger partial charge is 0.381 e. The molecule has 3 fully saturated rings. The van der Waals surface area contributed by atoms with Crippen molar-refractivity contribution in [3.05, 3.63) is 0 Å². The molecule has 0 aromatic rings. The molecule has 1 saturated carbocycles. The van der Waals surface area contributed by atoms with Crippen molar-refractivity contribution < 1.29 is 9.47 Å². The van der Waals surface area contributed by atoms with Gasteiger partial charge in [-0.05, 0) is 57.4 Å². The predicted molar refractivity (Wildman–Crippen MR) is 67.1 cm³/mol. The summed E-state index contributed by atoms with van der Waals surface area (Å²) in [6.45, 7) is 4.09. The average Bonchev–Trinajstić information content (AvgIpc) is 2.80. The molecular formula is C14H25NO2. The van der Waals surface area contributed by atoms with Crippen LogP contribution in [0.15, 0.2) is 0 Å². The zero-order valence-corrected chi connectivity index (χ0v) is 10.7. The zero-order valence-electron chi connectivity index (χ0n) is 10.7. The minimum atomic E-state index is 0.284. The van der Waals surface area contributed by atoms with Crippen LogP contribution in [0.4, 0.5) is 0 Å². The van der Waals surface area contributed by atoms with Crippen molar-refractivity contribution in [2.45, 2.75) is 56.6 Å². The van der Waals surface area contributed by atoms with Crippen molar-refractivity contribution in [1.82, 2.24) is 5.32 Å². The SMILES string of the molecule is C1CC2(C1)CC(NCCC1CCOC1)CCO2. The zero-order chi connectivity index (χ0) is 11.6. The van der Waals surface area contributed by atoms with E-state index in [0.717, 1.165) is 32.3 Å². The molecule has 0 radical (unpaired) electrons. The number of ether oxygens (including phenoxy) is 2. The summed E-state index contributed by atoms with van der Waals surface area (Å²) in [7, 11) is 0. The van der Waals surface area contributed by atoms with Crippen molar-refractivity contribution >= 4 is 0 Å². The van der Waals surface area contributed by atoms with Gasteiger partial charge in [0.05, 0.1) is 5.60 Å². The summed E-state index contributed by atoms with van der Waals surface area (Å²) >= 11 is 0. The first kappa shape index (κ1) is 11.9. The minimum Gasteiger partial charge on any atom is -0.381 e. The summed E-state index contributed by atoms with van der Waals surface area (Å²) < 4.78 is 11.4. The molecule has 3 rings (SSSR count). The van der Waals surface area contributed by atoms with Crippen LogP contribution in [-0.2, 0) is 9.47 Å². The average molecular weight is 239 g/mol. The summed E-state index contributed by atoms with van der Waals surface area (Å²) in [5.74, 6) is 0.806. The molecule has 0 amide bonds. The summed E-state index contributed by atoms with van der Waals surface area (Å²) in [6.07, 6.45) is 8.94. The highest BCUT2D eigenvalue weighted by Crippen LogP contribution is 2.42. The van der Waals surface area contributed by atoms with Gasteiger partial charge < -0.3 is 14.8 Å². The fourth-order valence-corrected chi connectivity index (χ4v) is 3.42. The molecule has 0 aromatic carbocycles. The first-order valence-electron chi connectivity index (χ1n) is 7.31. The van der Waals surface area contributed by atoms with Gasteiger partial charge in [-0.2, -0.15) is 0 Å². The Bertz CT molecular complexity index is 247. The second kappa shape index (κ2) is 5.25. The fraction of sp³-hybridized carbons (Fsp3) is 1.00. The van der Waals surface area contributed by atoms with E-state index in [1.807, 2.05) is 0 Å². The summed E-state index contributed by atoms with van der Waals surface area (Å²) in [5, 5.41) is 3.74. The van der Waals surface area contributed by atoms with Gasteiger partial charge >= 0.3 is 0 Å². The van der Waals surface area contributed by atoms with E-state index in [-0.39, 0.29) is 5.60 Å². The maximum absolute atomic E-state index is 5.95. The van der Waals surface area contributed by atoms with Gasteiger partial charge in [-0.1, -0.05) is 0 Å². The molecular weight excluding hydrogens is 214 g/mol. The van der Waals surface area contributed by atoms with Gasteiger partial charge in [0.15, 0.2) is 0 Å². The van der Waals surface area contributed by atoms with Crippen molar-refractivity contribution in [3.8, 4) is 0 Å². The second-order valence-electron chi connectivity index (χ2n) is 6.05. The fourth-order valence-electron chi connectivity index (χ4n) is 3.42. The van der Waals surface area contributed by atoms with Crippen LogP contribution in [0.1, 0.15) is 44.9 Å². The molecule has 17 heavy (non-hydrogen) atoms. The van der Waals surface area contributed by atoms with E-state index in [0.29, 0.717) is 6.04 Å². The molecule has 2 aliphatic heterocycles. The number of rotatable bonds is 4. The third kappa shape index (κ3) is 2.83. The van der Waals surface area contributed by atoms with Crippen LogP contribution in [0.3, 0.4) is 0 Å².